The van der Waals surface area contributed by atoms with Gasteiger partial charge in [-0.25, -0.2) is 0 Å². The molecule has 0 aromatic carbocycles. The predicted molar refractivity (Wildman–Crippen MR) is 73.4 cm³/mol. The second-order valence-corrected chi connectivity index (χ2v) is 5.87. The highest BCUT2D eigenvalue weighted by Crippen LogP contribution is 2.34. The smallest absolute Gasteiger partial charge is 0.0570 e. The van der Waals surface area contributed by atoms with Gasteiger partial charge in [0.25, 0.3) is 0 Å². The van der Waals surface area contributed by atoms with Gasteiger partial charge < -0.3 is 10.2 Å². The molecule has 3 rings (SSSR count). The van der Waals surface area contributed by atoms with Gasteiger partial charge in [0.2, 0.25) is 0 Å². The van der Waals surface area contributed by atoms with Crippen molar-refractivity contribution in [3.8, 4) is 0 Å². The molecule has 2 aliphatic rings. The predicted octanol–water partition coefficient (Wildman–Crippen LogP) is 2.10. The third kappa shape index (κ3) is 2.29. The number of aryl methyl sites for hydroxylation is 1. The highest BCUT2D eigenvalue weighted by atomic mass is 15.2. The fraction of sp³-hybridized carbons (Fsp3) is 0.667. The Kier molecular flexibility index (Phi) is 3.35. The van der Waals surface area contributed by atoms with Crippen molar-refractivity contribution in [1.82, 2.24) is 15.2 Å². The minimum Gasteiger partial charge on any atom is -0.308 e. The lowest BCUT2D eigenvalue weighted by molar-refractivity contribution is 0.148. The topological polar surface area (TPSA) is 28.2 Å². The minimum absolute atomic E-state index is 0.681. The van der Waals surface area contributed by atoms with Crippen molar-refractivity contribution in [3.05, 3.63) is 29.6 Å². The number of pyridine rings is 1. The third-order valence-electron chi connectivity index (χ3n) is 4.77. The van der Waals surface area contributed by atoms with Crippen LogP contribution in [0.5, 0.6) is 0 Å². The maximum absolute atomic E-state index is 4.46. The van der Waals surface area contributed by atoms with E-state index >= 15 is 0 Å². The molecule has 1 aromatic heterocycles. The zero-order valence-corrected chi connectivity index (χ0v) is 11.4. The highest BCUT2D eigenvalue weighted by molar-refractivity contribution is 5.17. The number of piperidine rings is 1. The quantitative estimate of drug-likeness (QED) is 0.884. The van der Waals surface area contributed by atoms with Gasteiger partial charge >= 0.3 is 0 Å². The van der Waals surface area contributed by atoms with Crippen LogP contribution in [0.1, 0.15) is 36.9 Å². The summed E-state index contributed by atoms with van der Waals surface area (Å²) in [4.78, 5) is 7.05. The van der Waals surface area contributed by atoms with E-state index in [4.69, 9.17) is 0 Å². The molecule has 2 fully saturated rings. The zero-order valence-electron chi connectivity index (χ0n) is 11.4. The Labute approximate surface area is 110 Å². The number of nitrogens with zero attached hydrogens (tertiary/aromatic N) is 2. The summed E-state index contributed by atoms with van der Waals surface area (Å²) in [6.45, 7) is 3.06. The Balaban J connectivity index is 1.57. The number of aromatic nitrogens is 1. The summed E-state index contributed by atoms with van der Waals surface area (Å²) in [6, 6.07) is 6.45. The fourth-order valence-corrected chi connectivity index (χ4v) is 3.52. The van der Waals surface area contributed by atoms with E-state index in [1.165, 1.54) is 36.9 Å². The lowest BCUT2D eigenvalue weighted by atomic mass is 9.98. The van der Waals surface area contributed by atoms with E-state index in [1.54, 1.807) is 0 Å². The third-order valence-corrected chi connectivity index (χ3v) is 4.77. The van der Waals surface area contributed by atoms with Gasteiger partial charge in [-0.1, -0.05) is 6.07 Å². The molecule has 0 aliphatic carbocycles. The van der Waals surface area contributed by atoms with Crippen molar-refractivity contribution >= 4 is 0 Å². The van der Waals surface area contributed by atoms with Crippen LogP contribution in [-0.4, -0.2) is 35.1 Å². The summed E-state index contributed by atoms with van der Waals surface area (Å²) in [5.74, 6) is 0. The molecule has 3 nitrogen and oxygen atoms in total. The normalized spacial score (nSPS) is 31.8. The Hall–Kier alpha value is -0.930. The molecule has 1 aromatic rings. The molecule has 2 unspecified atom stereocenters. The van der Waals surface area contributed by atoms with E-state index in [0.29, 0.717) is 6.04 Å². The van der Waals surface area contributed by atoms with Gasteiger partial charge in [-0.3, -0.25) is 4.98 Å². The highest BCUT2D eigenvalue weighted by Gasteiger charge is 2.38. The van der Waals surface area contributed by atoms with Crippen molar-refractivity contribution in [3.63, 3.8) is 0 Å². The van der Waals surface area contributed by atoms with E-state index in [2.05, 4.69) is 35.2 Å². The summed E-state index contributed by atoms with van der Waals surface area (Å²) in [5.41, 5.74) is 2.49. The largest absolute Gasteiger partial charge is 0.308 e. The van der Waals surface area contributed by atoms with E-state index in [0.717, 1.165) is 18.6 Å². The maximum Gasteiger partial charge on any atom is 0.0570 e. The van der Waals surface area contributed by atoms with E-state index in [1.807, 2.05) is 12.3 Å². The van der Waals surface area contributed by atoms with Crippen LogP contribution in [0.2, 0.25) is 0 Å². The molecule has 2 aliphatic heterocycles. The number of hydrogen-bond acceptors (Lipinski definition) is 3. The van der Waals surface area contributed by atoms with Crippen molar-refractivity contribution < 1.29 is 0 Å². The molecular formula is C15H23N3. The molecule has 18 heavy (non-hydrogen) atoms. The Morgan fingerprint density at radius 3 is 2.72 bits per heavy atom. The van der Waals surface area contributed by atoms with Crippen molar-refractivity contribution in [2.24, 2.45) is 0 Å². The second kappa shape index (κ2) is 4.98. The van der Waals surface area contributed by atoms with Crippen LogP contribution >= 0.6 is 0 Å². The van der Waals surface area contributed by atoms with Crippen LogP contribution in [0.3, 0.4) is 0 Å². The van der Waals surface area contributed by atoms with Gasteiger partial charge in [-0.2, -0.15) is 0 Å². The first kappa shape index (κ1) is 12.1. The first-order chi connectivity index (χ1) is 8.74. The van der Waals surface area contributed by atoms with E-state index in [9.17, 15) is 0 Å². The van der Waals surface area contributed by atoms with E-state index in [-0.39, 0.29) is 0 Å². The van der Waals surface area contributed by atoms with Gasteiger partial charge in [0.1, 0.15) is 0 Å². The molecular weight excluding hydrogens is 222 g/mol. The number of hydrogen-bond donors (Lipinski definition) is 1. The molecule has 2 bridgehead atoms. The molecule has 3 heterocycles. The van der Waals surface area contributed by atoms with Crippen LogP contribution in [0.15, 0.2) is 18.3 Å². The number of fused-ring (bicyclic) bond motifs is 2. The first-order valence-corrected chi connectivity index (χ1v) is 7.10. The van der Waals surface area contributed by atoms with Gasteiger partial charge in [0, 0.05) is 30.9 Å². The molecule has 0 saturated carbocycles. The molecule has 1 N–H and O–H groups in total. The standard InChI is InChI=1S/C15H23N3/c1-11-4-3-7-16-15(11)10-17-12-8-13-5-6-14(9-12)18(13)2/h3-4,7,12-14,17H,5-6,8-10H2,1-2H3. The fourth-order valence-electron chi connectivity index (χ4n) is 3.52. The van der Waals surface area contributed by atoms with Crippen molar-refractivity contribution in [2.75, 3.05) is 7.05 Å². The molecule has 2 saturated heterocycles. The summed E-state index contributed by atoms with van der Waals surface area (Å²) in [6.07, 6.45) is 7.28. The minimum atomic E-state index is 0.681. The lowest BCUT2D eigenvalue weighted by Gasteiger charge is -2.36. The van der Waals surface area contributed by atoms with Crippen LogP contribution < -0.4 is 5.32 Å². The summed E-state index contributed by atoms with van der Waals surface area (Å²) in [5, 5.41) is 3.71. The Morgan fingerprint density at radius 1 is 1.33 bits per heavy atom. The van der Waals surface area contributed by atoms with Crippen LogP contribution in [-0.2, 0) is 6.54 Å². The molecule has 3 heteroatoms. The summed E-state index contributed by atoms with van der Waals surface area (Å²) in [7, 11) is 2.29. The average molecular weight is 245 g/mol. The Morgan fingerprint density at radius 2 is 2.06 bits per heavy atom. The SMILES string of the molecule is Cc1cccnc1CNC1CC2CCC(C1)N2C. The lowest BCUT2D eigenvalue weighted by Crippen LogP contribution is -2.47. The monoisotopic (exact) mass is 245 g/mol. The number of nitrogens with one attached hydrogen (secondary N) is 1. The van der Waals surface area contributed by atoms with Crippen LogP contribution in [0.25, 0.3) is 0 Å². The van der Waals surface area contributed by atoms with E-state index < -0.39 is 0 Å². The van der Waals surface area contributed by atoms with Crippen molar-refractivity contribution in [1.29, 1.82) is 0 Å². The van der Waals surface area contributed by atoms with Crippen LogP contribution in [0, 0.1) is 6.92 Å². The molecule has 2 atom stereocenters. The Bertz CT molecular complexity index is 404. The molecule has 0 radical (unpaired) electrons. The molecule has 0 spiro atoms. The average Bonchev–Trinajstić information content (AvgIpc) is 2.62. The number of rotatable bonds is 3. The van der Waals surface area contributed by atoms with Crippen LogP contribution in [0.4, 0.5) is 0 Å². The van der Waals surface area contributed by atoms with Gasteiger partial charge in [0.15, 0.2) is 0 Å². The van der Waals surface area contributed by atoms with Gasteiger partial charge in [-0.15, -0.1) is 0 Å². The van der Waals surface area contributed by atoms with Crippen molar-refractivity contribution in [2.45, 2.75) is 57.3 Å². The molecule has 0 amide bonds. The van der Waals surface area contributed by atoms with Gasteiger partial charge in [0.05, 0.1) is 5.69 Å². The van der Waals surface area contributed by atoms with Gasteiger partial charge in [-0.05, 0) is 51.3 Å². The first-order valence-electron chi connectivity index (χ1n) is 7.10. The summed E-state index contributed by atoms with van der Waals surface area (Å²) >= 11 is 0. The zero-order chi connectivity index (χ0) is 12.5. The second-order valence-electron chi connectivity index (χ2n) is 5.87. The summed E-state index contributed by atoms with van der Waals surface area (Å²) < 4.78 is 0. The maximum atomic E-state index is 4.46. The molecule has 98 valence electrons.